The Morgan fingerprint density at radius 3 is 2.68 bits per heavy atom. The summed E-state index contributed by atoms with van der Waals surface area (Å²) in [6.07, 6.45) is 3.26. The topological polar surface area (TPSA) is 62.7 Å². The Kier molecular flexibility index (Phi) is 4.77. The Bertz CT molecular complexity index is 756. The Morgan fingerprint density at radius 1 is 1.32 bits per heavy atom. The lowest BCUT2D eigenvalue weighted by Gasteiger charge is -2.37. The van der Waals surface area contributed by atoms with E-state index in [2.05, 4.69) is 4.98 Å². The predicted molar refractivity (Wildman–Crippen MR) is 95.6 cm³/mol. The lowest BCUT2D eigenvalue weighted by atomic mass is 9.86. The molecule has 1 aromatic heterocycles. The van der Waals surface area contributed by atoms with Crippen LogP contribution in [0.3, 0.4) is 0 Å². The number of amides is 1. The fourth-order valence-electron chi connectivity index (χ4n) is 3.56. The zero-order chi connectivity index (χ0) is 18.0. The lowest BCUT2D eigenvalue weighted by Crippen LogP contribution is -2.48. The van der Waals surface area contributed by atoms with Gasteiger partial charge in [0.1, 0.15) is 17.0 Å². The van der Waals surface area contributed by atoms with Crippen LogP contribution in [0.25, 0.3) is 0 Å². The number of aromatic nitrogens is 1. The first-order valence-electron chi connectivity index (χ1n) is 8.54. The first kappa shape index (κ1) is 17.4. The molecule has 5 nitrogen and oxygen atoms in total. The zero-order valence-corrected chi connectivity index (χ0v) is 14.9. The number of nitrogens with zero attached hydrogens (tertiary/aromatic N) is 2. The van der Waals surface area contributed by atoms with E-state index in [-0.39, 0.29) is 11.9 Å². The predicted octanol–water partition coefficient (Wildman–Crippen LogP) is 2.91. The van der Waals surface area contributed by atoms with Crippen LogP contribution in [0.2, 0.25) is 0 Å². The van der Waals surface area contributed by atoms with E-state index in [1.165, 1.54) is 0 Å². The van der Waals surface area contributed by atoms with Crippen molar-refractivity contribution in [3.05, 3.63) is 59.4 Å². The number of rotatable bonds is 4. The molecule has 1 aromatic carbocycles. The van der Waals surface area contributed by atoms with Crippen LogP contribution in [0.1, 0.15) is 41.4 Å². The molecule has 1 fully saturated rings. The van der Waals surface area contributed by atoms with Crippen molar-refractivity contribution in [2.24, 2.45) is 0 Å². The summed E-state index contributed by atoms with van der Waals surface area (Å²) in [7, 11) is 1.61. The Hall–Kier alpha value is -2.40. The minimum absolute atomic E-state index is 0.116. The maximum absolute atomic E-state index is 13.0. The van der Waals surface area contributed by atoms with Crippen molar-refractivity contribution in [3.8, 4) is 5.75 Å². The van der Waals surface area contributed by atoms with Gasteiger partial charge in [0.25, 0.3) is 5.91 Å². The number of pyridine rings is 1. The highest BCUT2D eigenvalue weighted by Crippen LogP contribution is 2.36. The average molecular weight is 340 g/mol. The van der Waals surface area contributed by atoms with Gasteiger partial charge in [0.05, 0.1) is 13.2 Å². The fourth-order valence-corrected chi connectivity index (χ4v) is 3.56. The van der Waals surface area contributed by atoms with Crippen LogP contribution in [-0.4, -0.2) is 40.6 Å². The SMILES string of the molecule is COc1ccc(C(C)(O)C2CCCN2C(=O)c2ncccc2C)cc1. The quantitative estimate of drug-likeness (QED) is 0.929. The zero-order valence-electron chi connectivity index (χ0n) is 14.9. The van der Waals surface area contributed by atoms with Crippen molar-refractivity contribution in [3.63, 3.8) is 0 Å². The molecule has 1 amide bonds. The Morgan fingerprint density at radius 2 is 2.04 bits per heavy atom. The van der Waals surface area contributed by atoms with Crippen LogP contribution in [-0.2, 0) is 5.60 Å². The molecule has 0 radical (unpaired) electrons. The number of likely N-dealkylation sites (tertiary alicyclic amines) is 1. The third kappa shape index (κ3) is 3.24. The second kappa shape index (κ2) is 6.84. The van der Waals surface area contributed by atoms with Crippen molar-refractivity contribution in [2.45, 2.75) is 38.3 Å². The van der Waals surface area contributed by atoms with Crippen LogP contribution in [0, 0.1) is 6.92 Å². The largest absolute Gasteiger partial charge is 0.497 e. The van der Waals surface area contributed by atoms with E-state index in [0.717, 1.165) is 29.7 Å². The van der Waals surface area contributed by atoms with Crippen LogP contribution in [0.15, 0.2) is 42.6 Å². The second-order valence-corrected chi connectivity index (χ2v) is 6.70. The number of aliphatic hydroxyl groups is 1. The van der Waals surface area contributed by atoms with E-state index in [4.69, 9.17) is 4.74 Å². The first-order valence-corrected chi connectivity index (χ1v) is 8.54. The molecule has 1 saturated heterocycles. The van der Waals surface area contributed by atoms with Gasteiger partial charge in [-0.15, -0.1) is 0 Å². The molecular formula is C20H24N2O3. The molecule has 3 rings (SSSR count). The van der Waals surface area contributed by atoms with E-state index in [9.17, 15) is 9.90 Å². The van der Waals surface area contributed by atoms with Gasteiger partial charge in [-0.3, -0.25) is 9.78 Å². The van der Waals surface area contributed by atoms with Crippen LogP contribution < -0.4 is 4.74 Å². The molecule has 132 valence electrons. The number of methoxy groups -OCH3 is 1. The molecule has 1 aliphatic heterocycles. The summed E-state index contributed by atoms with van der Waals surface area (Å²) in [6.45, 7) is 4.29. The molecular weight excluding hydrogens is 316 g/mol. The van der Waals surface area contributed by atoms with Gasteiger partial charge in [-0.2, -0.15) is 0 Å². The highest BCUT2D eigenvalue weighted by atomic mass is 16.5. The van der Waals surface area contributed by atoms with E-state index in [1.807, 2.05) is 43.3 Å². The number of benzene rings is 1. The van der Waals surface area contributed by atoms with E-state index < -0.39 is 5.60 Å². The highest BCUT2D eigenvalue weighted by Gasteiger charge is 2.43. The Labute approximate surface area is 148 Å². The number of ether oxygens (including phenoxy) is 1. The molecule has 25 heavy (non-hydrogen) atoms. The molecule has 0 saturated carbocycles. The highest BCUT2D eigenvalue weighted by molar-refractivity contribution is 5.94. The molecule has 2 unspecified atom stereocenters. The van der Waals surface area contributed by atoms with Crippen molar-refractivity contribution in [2.75, 3.05) is 13.7 Å². The van der Waals surface area contributed by atoms with Crippen molar-refractivity contribution in [1.82, 2.24) is 9.88 Å². The molecule has 2 atom stereocenters. The monoisotopic (exact) mass is 340 g/mol. The van der Waals surface area contributed by atoms with E-state index >= 15 is 0 Å². The second-order valence-electron chi connectivity index (χ2n) is 6.70. The summed E-state index contributed by atoms with van der Waals surface area (Å²) in [4.78, 5) is 19.0. The van der Waals surface area contributed by atoms with E-state index in [1.54, 1.807) is 25.1 Å². The molecule has 1 N–H and O–H groups in total. The summed E-state index contributed by atoms with van der Waals surface area (Å²) in [5.74, 6) is 0.623. The van der Waals surface area contributed by atoms with Crippen molar-refractivity contribution < 1.29 is 14.6 Å². The summed E-state index contributed by atoms with van der Waals surface area (Å²) in [5, 5.41) is 11.2. The normalized spacial score (nSPS) is 19.5. The molecule has 5 heteroatoms. The van der Waals surface area contributed by atoms with Gasteiger partial charge in [-0.05, 0) is 56.0 Å². The maximum atomic E-state index is 13.0. The lowest BCUT2D eigenvalue weighted by molar-refractivity contribution is -0.0179. The molecule has 0 bridgehead atoms. The van der Waals surface area contributed by atoms with Gasteiger partial charge in [0, 0.05) is 12.7 Å². The third-order valence-corrected chi connectivity index (χ3v) is 5.05. The average Bonchev–Trinajstić information content (AvgIpc) is 3.12. The summed E-state index contributed by atoms with van der Waals surface area (Å²) >= 11 is 0. The molecule has 2 aromatic rings. The fraction of sp³-hybridized carbons (Fsp3) is 0.400. The molecule has 1 aliphatic rings. The van der Waals surface area contributed by atoms with Crippen LogP contribution >= 0.6 is 0 Å². The Balaban J connectivity index is 1.89. The summed E-state index contributed by atoms with van der Waals surface area (Å²) < 4.78 is 5.18. The third-order valence-electron chi connectivity index (χ3n) is 5.05. The standard InChI is InChI=1S/C20H24N2O3/c1-14-6-4-12-21-18(14)19(23)22-13-5-7-17(22)20(2,24)15-8-10-16(25-3)11-9-15/h4,6,8-12,17,24H,5,7,13H2,1-3H3. The number of hydrogen-bond donors (Lipinski definition) is 1. The van der Waals surface area contributed by atoms with Crippen molar-refractivity contribution >= 4 is 5.91 Å². The summed E-state index contributed by atoms with van der Waals surface area (Å²) in [6, 6.07) is 10.8. The van der Waals surface area contributed by atoms with Gasteiger partial charge in [-0.25, -0.2) is 0 Å². The van der Waals surface area contributed by atoms with Gasteiger partial charge in [-0.1, -0.05) is 18.2 Å². The van der Waals surface area contributed by atoms with E-state index in [0.29, 0.717) is 12.2 Å². The minimum atomic E-state index is -1.14. The number of aryl methyl sites for hydroxylation is 1. The molecule has 0 spiro atoms. The smallest absolute Gasteiger partial charge is 0.273 e. The molecule has 0 aliphatic carbocycles. The maximum Gasteiger partial charge on any atom is 0.273 e. The van der Waals surface area contributed by atoms with Gasteiger partial charge in [0.15, 0.2) is 0 Å². The number of carbonyl (C=O) groups excluding carboxylic acids is 1. The van der Waals surface area contributed by atoms with Crippen molar-refractivity contribution in [1.29, 1.82) is 0 Å². The van der Waals surface area contributed by atoms with Crippen LogP contribution in [0.5, 0.6) is 5.75 Å². The summed E-state index contributed by atoms with van der Waals surface area (Å²) in [5.41, 5.74) is 0.944. The van der Waals surface area contributed by atoms with Gasteiger partial charge >= 0.3 is 0 Å². The van der Waals surface area contributed by atoms with Gasteiger partial charge in [0.2, 0.25) is 0 Å². The number of carbonyl (C=O) groups is 1. The minimum Gasteiger partial charge on any atom is -0.497 e. The van der Waals surface area contributed by atoms with Crippen LogP contribution in [0.4, 0.5) is 0 Å². The molecule has 2 heterocycles. The first-order chi connectivity index (χ1) is 11.9. The van der Waals surface area contributed by atoms with Gasteiger partial charge < -0.3 is 14.7 Å². The number of hydrogen-bond acceptors (Lipinski definition) is 4.